The van der Waals surface area contributed by atoms with Gasteiger partial charge in [-0.25, -0.2) is 4.98 Å². The molecule has 0 aliphatic carbocycles. The van der Waals surface area contributed by atoms with Gasteiger partial charge in [0, 0.05) is 44.1 Å². The number of carbonyl (C=O) groups is 3. The molecule has 0 aromatic carbocycles. The monoisotopic (exact) mass is 435 g/mol. The van der Waals surface area contributed by atoms with E-state index in [4.69, 9.17) is 4.98 Å². The summed E-state index contributed by atoms with van der Waals surface area (Å²) < 4.78 is 0. The molecule has 4 heterocycles. The third-order valence-electron chi connectivity index (χ3n) is 5.98. The van der Waals surface area contributed by atoms with Crippen molar-refractivity contribution in [2.24, 2.45) is 5.92 Å². The lowest BCUT2D eigenvalue weighted by Crippen LogP contribution is -2.51. The largest absolute Gasteiger partial charge is 0.370 e. The SMILES string of the molecule is CC(=O)C[C@H](NC(=O)CC(=O)N1CC(Cc2ccc3c(n2)NCCC3)C1)c1cccnc1. The van der Waals surface area contributed by atoms with Gasteiger partial charge in [-0.2, -0.15) is 0 Å². The standard InChI is InChI=1S/C24H29N5O3/c1-16(30)10-21(19-5-2-8-25-13-19)28-22(31)12-23(32)29-14-17(15-29)11-20-7-6-18-4-3-9-26-24(18)27-20/h2,5-8,13,17,21H,3-4,9-12,14-15H2,1H3,(H,26,27)(H,28,31)/t21-/m0/s1. The molecule has 0 saturated carbocycles. The Morgan fingerprint density at radius 3 is 2.84 bits per heavy atom. The molecule has 1 saturated heterocycles. The molecule has 2 N–H and O–H groups in total. The van der Waals surface area contributed by atoms with Crippen molar-refractivity contribution in [2.75, 3.05) is 25.0 Å². The summed E-state index contributed by atoms with van der Waals surface area (Å²) in [5, 5.41) is 6.17. The van der Waals surface area contributed by atoms with Gasteiger partial charge in [-0.1, -0.05) is 12.1 Å². The summed E-state index contributed by atoms with van der Waals surface area (Å²) in [5.41, 5.74) is 3.06. The highest BCUT2D eigenvalue weighted by Crippen LogP contribution is 2.24. The highest BCUT2D eigenvalue weighted by molar-refractivity contribution is 5.97. The first-order chi connectivity index (χ1) is 15.5. The lowest BCUT2D eigenvalue weighted by atomic mass is 9.93. The van der Waals surface area contributed by atoms with E-state index in [9.17, 15) is 14.4 Å². The summed E-state index contributed by atoms with van der Waals surface area (Å²) in [7, 11) is 0. The van der Waals surface area contributed by atoms with Crippen molar-refractivity contribution in [3.05, 3.63) is 53.5 Å². The molecular formula is C24H29N5O3. The first-order valence-corrected chi connectivity index (χ1v) is 11.2. The van der Waals surface area contributed by atoms with Crippen LogP contribution in [0.5, 0.6) is 0 Å². The van der Waals surface area contributed by atoms with Crippen molar-refractivity contribution in [3.8, 4) is 0 Å². The number of pyridine rings is 2. The van der Waals surface area contributed by atoms with Gasteiger partial charge in [0.2, 0.25) is 11.8 Å². The number of nitrogens with one attached hydrogen (secondary N) is 2. The zero-order chi connectivity index (χ0) is 22.5. The molecule has 1 fully saturated rings. The van der Waals surface area contributed by atoms with Gasteiger partial charge in [-0.3, -0.25) is 19.4 Å². The fourth-order valence-electron chi connectivity index (χ4n) is 4.30. The molecule has 0 radical (unpaired) electrons. The number of carbonyl (C=O) groups excluding carboxylic acids is 3. The molecule has 168 valence electrons. The first-order valence-electron chi connectivity index (χ1n) is 11.2. The Morgan fingerprint density at radius 1 is 1.25 bits per heavy atom. The fourth-order valence-corrected chi connectivity index (χ4v) is 4.30. The topological polar surface area (TPSA) is 104 Å². The fraction of sp³-hybridized carbons (Fsp3) is 0.458. The van der Waals surface area contributed by atoms with Gasteiger partial charge >= 0.3 is 0 Å². The number of amides is 2. The minimum absolute atomic E-state index is 0.0398. The second-order valence-electron chi connectivity index (χ2n) is 8.70. The quantitative estimate of drug-likeness (QED) is 0.615. The molecule has 2 aliphatic heterocycles. The number of likely N-dealkylation sites (tertiary alicyclic amines) is 1. The second-order valence-corrected chi connectivity index (χ2v) is 8.70. The van der Waals surface area contributed by atoms with Crippen molar-refractivity contribution < 1.29 is 14.4 Å². The van der Waals surface area contributed by atoms with Crippen LogP contribution >= 0.6 is 0 Å². The van der Waals surface area contributed by atoms with Gasteiger partial charge in [0.25, 0.3) is 0 Å². The second kappa shape index (κ2) is 9.89. The third kappa shape index (κ3) is 5.49. The molecular weight excluding hydrogens is 406 g/mol. The van der Waals surface area contributed by atoms with Crippen LogP contribution in [0, 0.1) is 5.92 Å². The van der Waals surface area contributed by atoms with Crippen LogP contribution in [-0.4, -0.2) is 52.1 Å². The highest BCUT2D eigenvalue weighted by Gasteiger charge is 2.32. The summed E-state index contributed by atoms with van der Waals surface area (Å²) in [6, 6.07) is 7.32. The average Bonchev–Trinajstić information content (AvgIpc) is 2.75. The minimum atomic E-state index is -0.477. The van der Waals surface area contributed by atoms with E-state index >= 15 is 0 Å². The number of anilines is 1. The molecule has 2 aliphatic rings. The normalized spacial score (nSPS) is 16.3. The summed E-state index contributed by atoms with van der Waals surface area (Å²) in [6.07, 6.45) is 6.24. The number of ketones is 1. The number of aryl methyl sites for hydroxylation is 1. The first kappa shape index (κ1) is 21.9. The molecule has 1 atom stereocenters. The molecule has 4 rings (SSSR count). The highest BCUT2D eigenvalue weighted by atomic mass is 16.2. The van der Waals surface area contributed by atoms with Gasteiger partial charge in [0.15, 0.2) is 0 Å². The van der Waals surface area contributed by atoms with E-state index in [0.717, 1.165) is 42.9 Å². The van der Waals surface area contributed by atoms with Crippen LogP contribution in [0.25, 0.3) is 0 Å². The smallest absolute Gasteiger partial charge is 0.232 e. The van der Waals surface area contributed by atoms with Gasteiger partial charge in [-0.05, 0) is 55.4 Å². The number of rotatable bonds is 8. The molecule has 32 heavy (non-hydrogen) atoms. The van der Waals surface area contributed by atoms with E-state index in [-0.39, 0.29) is 30.4 Å². The summed E-state index contributed by atoms with van der Waals surface area (Å²) in [4.78, 5) is 47.1. The number of aromatic nitrogens is 2. The van der Waals surface area contributed by atoms with Crippen LogP contribution in [0.15, 0.2) is 36.7 Å². The maximum atomic E-state index is 12.5. The van der Waals surface area contributed by atoms with Crippen molar-refractivity contribution in [1.29, 1.82) is 0 Å². The number of fused-ring (bicyclic) bond motifs is 1. The molecule has 2 aromatic heterocycles. The Morgan fingerprint density at radius 2 is 2.09 bits per heavy atom. The maximum Gasteiger partial charge on any atom is 0.232 e. The lowest BCUT2D eigenvalue weighted by molar-refractivity contribution is -0.141. The molecule has 2 aromatic rings. The molecule has 0 bridgehead atoms. The van der Waals surface area contributed by atoms with E-state index in [1.165, 1.54) is 12.5 Å². The van der Waals surface area contributed by atoms with E-state index in [1.54, 1.807) is 23.4 Å². The van der Waals surface area contributed by atoms with Gasteiger partial charge in [0.05, 0.1) is 6.04 Å². The van der Waals surface area contributed by atoms with Crippen LogP contribution in [0.1, 0.15) is 49.0 Å². The lowest BCUT2D eigenvalue weighted by Gasteiger charge is -2.39. The number of Topliss-reactive ketones (excluding diaryl/α,β-unsaturated/α-hetero) is 1. The average molecular weight is 436 g/mol. The minimum Gasteiger partial charge on any atom is -0.370 e. The van der Waals surface area contributed by atoms with Crippen LogP contribution in [-0.2, 0) is 27.2 Å². The zero-order valence-electron chi connectivity index (χ0n) is 18.3. The predicted octanol–water partition coefficient (Wildman–Crippen LogP) is 2.06. The van der Waals surface area contributed by atoms with Crippen molar-refractivity contribution in [1.82, 2.24) is 20.2 Å². The summed E-state index contributed by atoms with van der Waals surface area (Å²) >= 11 is 0. The van der Waals surface area contributed by atoms with Crippen molar-refractivity contribution in [3.63, 3.8) is 0 Å². The van der Waals surface area contributed by atoms with E-state index < -0.39 is 6.04 Å². The zero-order valence-corrected chi connectivity index (χ0v) is 18.3. The van der Waals surface area contributed by atoms with Crippen LogP contribution in [0.3, 0.4) is 0 Å². The molecule has 8 heteroatoms. The van der Waals surface area contributed by atoms with Crippen LogP contribution in [0.4, 0.5) is 5.82 Å². The van der Waals surface area contributed by atoms with Crippen molar-refractivity contribution in [2.45, 2.75) is 45.1 Å². The van der Waals surface area contributed by atoms with Crippen molar-refractivity contribution >= 4 is 23.4 Å². The Bertz CT molecular complexity index is 988. The maximum absolute atomic E-state index is 12.5. The van der Waals surface area contributed by atoms with E-state index in [2.05, 4.69) is 27.8 Å². The van der Waals surface area contributed by atoms with Crippen LogP contribution in [0.2, 0.25) is 0 Å². The Labute approximate surface area is 187 Å². The Balaban J connectivity index is 1.25. The molecule has 0 unspecified atom stereocenters. The molecule has 0 spiro atoms. The molecule has 2 amide bonds. The number of nitrogens with zero attached hydrogens (tertiary/aromatic N) is 3. The Kier molecular flexibility index (Phi) is 6.78. The van der Waals surface area contributed by atoms with Gasteiger partial charge in [-0.15, -0.1) is 0 Å². The summed E-state index contributed by atoms with van der Waals surface area (Å²) in [5.74, 6) is 0.744. The predicted molar refractivity (Wildman–Crippen MR) is 120 cm³/mol. The summed E-state index contributed by atoms with van der Waals surface area (Å²) in [6.45, 7) is 3.72. The Hall–Kier alpha value is -3.29. The molecule has 8 nitrogen and oxygen atoms in total. The van der Waals surface area contributed by atoms with Gasteiger partial charge < -0.3 is 15.5 Å². The van der Waals surface area contributed by atoms with Crippen LogP contribution < -0.4 is 10.6 Å². The third-order valence-corrected chi connectivity index (χ3v) is 5.98. The van der Waals surface area contributed by atoms with E-state index in [1.807, 2.05) is 6.07 Å². The number of hydrogen-bond donors (Lipinski definition) is 2. The number of hydrogen-bond acceptors (Lipinski definition) is 6. The van der Waals surface area contributed by atoms with E-state index in [0.29, 0.717) is 19.0 Å². The van der Waals surface area contributed by atoms with Gasteiger partial charge in [0.1, 0.15) is 18.0 Å².